The molecule has 1 unspecified atom stereocenters. The van der Waals surface area contributed by atoms with Gasteiger partial charge >= 0.3 is 0 Å². The van der Waals surface area contributed by atoms with E-state index in [9.17, 15) is 4.79 Å². The van der Waals surface area contributed by atoms with Crippen molar-refractivity contribution in [3.05, 3.63) is 35.4 Å². The van der Waals surface area contributed by atoms with Gasteiger partial charge in [-0.3, -0.25) is 9.69 Å². The number of carbonyl (C=O) groups is 1. The predicted octanol–water partition coefficient (Wildman–Crippen LogP) is 2.77. The lowest BCUT2D eigenvalue weighted by molar-refractivity contribution is -0.121. The third kappa shape index (κ3) is 6.65. The van der Waals surface area contributed by atoms with E-state index in [4.69, 9.17) is 0 Å². The SMILES string of the molecule is O=C(CC1CSCCN1)NCc1cccc(CN2CCCCCC2)c1. The van der Waals surface area contributed by atoms with Crippen LogP contribution in [0.15, 0.2) is 24.3 Å². The number of amides is 1. The summed E-state index contributed by atoms with van der Waals surface area (Å²) >= 11 is 1.93. The third-order valence-electron chi connectivity index (χ3n) is 5.02. The van der Waals surface area contributed by atoms with E-state index >= 15 is 0 Å². The molecular formula is C20H31N3OS. The summed E-state index contributed by atoms with van der Waals surface area (Å²) in [6.45, 7) is 5.11. The Balaban J connectivity index is 1.45. The lowest BCUT2D eigenvalue weighted by Gasteiger charge is -2.22. The summed E-state index contributed by atoms with van der Waals surface area (Å²) < 4.78 is 0. The molecule has 0 aromatic heterocycles. The molecule has 1 aromatic rings. The average molecular weight is 362 g/mol. The quantitative estimate of drug-likeness (QED) is 0.818. The minimum absolute atomic E-state index is 0.151. The highest BCUT2D eigenvalue weighted by atomic mass is 32.2. The van der Waals surface area contributed by atoms with Gasteiger partial charge in [0.25, 0.3) is 0 Å². The summed E-state index contributed by atoms with van der Waals surface area (Å²) in [6, 6.07) is 9.02. The van der Waals surface area contributed by atoms with Crippen molar-refractivity contribution in [1.82, 2.24) is 15.5 Å². The van der Waals surface area contributed by atoms with Crippen LogP contribution in [-0.4, -0.2) is 48.0 Å². The van der Waals surface area contributed by atoms with E-state index in [-0.39, 0.29) is 5.91 Å². The highest BCUT2D eigenvalue weighted by molar-refractivity contribution is 7.99. The van der Waals surface area contributed by atoms with Gasteiger partial charge in [0.2, 0.25) is 5.91 Å². The van der Waals surface area contributed by atoms with Gasteiger partial charge in [-0.25, -0.2) is 0 Å². The predicted molar refractivity (Wildman–Crippen MR) is 106 cm³/mol. The van der Waals surface area contributed by atoms with Crippen LogP contribution in [0.3, 0.4) is 0 Å². The Morgan fingerprint density at radius 3 is 2.76 bits per heavy atom. The third-order valence-corrected chi connectivity index (χ3v) is 6.15. The molecule has 0 radical (unpaired) electrons. The molecule has 25 heavy (non-hydrogen) atoms. The molecule has 3 rings (SSSR count). The molecule has 138 valence electrons. The second-order valence-electron chi connectivity index (χ2n) is 7.22. The maximum atomic E-state index is 12.2. The molecule has 2 aliphatic heterocycles. The summed E-state index contributed by atoms with van der Waals surface area (Å²) in [7, 11) is 0. The molecule has 0 saturated carbocycles. The number of rotatable bonds is 6. The molecule has 0 aliphatic carbocycles. The van der Waals surface area contributed by atoms with Gasteiger partial charge in [0, 0.05) is 43.6 Å². The van der Waals surface area contributed by atoms with Crippen molar-refractivity contribution in [2.45, 2.75) is 51.2 Å². The normalized spacial score (nSPS) is 22.3. The van der Waals surface area contributed by atoms with Crippen molar-refractivity contribution in [3.8, 4) is 0 Å². The van der Waals surface area contributed by atoms with Gasteiger partial charge < -0.3 is 10.6 Å². The summed E-state index contributed by atoms with van der Waals surface area (Å²) in [5.41, 5.74) is 2.56. The maximum Gasteiger partial charge on any atom is 0.221 e. The van der Waals surface area contributed by atoms with Crippen molar-refractivity contribution in [2.24, 2.45) is 0 Å². The van der Waals surface area contributed by atoms with E-state index in [1.54, 1.807) is 0 Å². The zero-order valence-corrected chi connectivity index (χ0v) is 16.0. The van der Waals surface area contributed by atoms with Crippen LogP contribution < -0.4 is 10.6 Å². The van der Waals surface area contributed by atoms with Crippen LogP contribution >= 0.6 is 11.8 Å². The van der Waals surface area contributed by atoms with Gasteiger partial charge in [-0.2, -0.15) is 11.8 Å². The van der Waals surface area contributed by atoms with Crippen LogP contribution in [0.5, 0.6) is 0 Å². The fraction of sp³-hybridized carbons (Fsp3) is 0.650. The topological polar surface area (TPSA) is 44.4 Å². The Labute approximate surface area is 156 Å². The lowest BCUT2D eigenvalue weighted by Crippen LogP contribution is -2.41. The van der Waals surface area contributed by atoms with Crippen molar-refractivity contribution in [1.29, 1.82) is 0 Å². The molecule has 2 fully saturated rings. The number of thioether (sulfide) groups is 1. The number of carbonyl (C=O) groups excluding carboxylic acids is 1. The van der Waals surface area contributed by atoms with Crippen LogP contribution in [0.2, 0.25) is 0 Å². The minimum Gasteiger partial charge on any atom is -0.352 e. The van der Waals surface area contributed by atoms with Gasteiger partial charge in [-0.1, -0.05) is 37.1 Å². The number of hydrogen-bond donors (Lipinski definition) is 2. The monoisotopic (exact) mass is 361 g/mol. The molecule has 0 bridgehead atoms. The zero-order chi connectivity index (χ0) is 17.3. The van der Waals surface area contributed by atoms with E-state index in [0.29, 0.717) is 19.0 Å². The minimum atomic E-state index is 0.151. The largest absolute Gasteiger partial charge is 0.352 e. The first kappa shape index (κ1) is 18.7. The first-order valence-electron chi connectivity index (χ1n) is 9.67. The van der Waals surface area contributed by atoms with Crippen molar-refractivity contribution in [3.63, 3.8) is 0 Å². The summed E-state index contributed by atoms with van der Waals surface area (Å²) in [4.78, 5) is 14.7. The molecule has 5 heteroatoms. The second kappa shape index (κ2) is 10.2. The molecular weight excluding hydrogens is 330 g/mol. The van der Waals surface area contributed by atoms with E-state index in [0.717, 1.165) is 24.6 Å². The molecule has 1 amide bonds. The van der Waals surface area contributed by atoms with E-state index < -0.39 is 0 Å². The number of nitrogens with zero attached hydrogens (tertiary/aromatic N) is 1. The van der Waals surface area contributed by atoms with Crippen molar-refractivity contribution < 1.29 is 4.79 Å². The highest BCUT2D eigenvalue weighted by Gasteiger charge is 2.16. The van der Waals surface area contributed by atoms with Crippen LogP contribution in [-0.2, 0) is 17.9 Å². The second-order valence-corrected chi connectivity index (χ2v) is 8.37. The van der Waals surface area contributed by atoms with Gasteiger partial charge in [0.1, 0.15) is 0 Å². The summed E-state index contributed by atoms with van der Waals surface area (Å²) in [6.07, 6.45) is 5.97. The van der Waals surface area contributed by atoms with Crippen molar-refractivity contribution >= 4 is 17.7 Å². The number of hydrogen-bond acceptors (Lipinski definition) is 4. The van der Waals surface area contributed by atoms with Gasteiger partial charge in [0.05, 0.1) is 0 Å². The molecule has 1 aromatic carbocycles. The highest BCUT2D eigenvalue weighted by Crippen LogP contribution is 2.14. The standard InChI is InChI=1S/C20H31N3OS/c24-20(13-19-16-25-11-8-21-19)22-14-17-6-5-7-18(12-17)15-23-9-3-1-2-4-10-23/h5-7,12,19,21H,1-4,8-11,13-16H2,(H,22,24). The average Bonchev–Trinajstić information content (AvgIpc) is 2.90. The Morgan fingerprint density at radius 1 is 1.20 bits per heavy atom. The molecule has 2 heterocycles. The van der Waals surface area contributed by atoms with Gasteiger partial charge in [-0.05, 0) is 37.1 Å². The number of nitrogens with one attached hydrogen (secondary N) is 2. The first-order chi connectivity index (χ1) is 12.3. The Bertz CT molecular complexity index is 537. The zero-order valence-electron chi connectivity index (χ0n) is 15.1. The molecule has 1 atom stereocenters. The van der Waals surface area contributed by atoms with Crippen LogP contribution in [0.25, 0.3) is 0 Å². The smallest absolute Gasteiger partial charge is 0.221 e. The van der Waals surface area contributed by atoms with Gasteiger partial charge in [0.15, 0.2) is 0 Å². The van der Waals surface area contributed by atoms with E-state index in [1.807, 2.05) is 11.8 Å². The van der Waals surface area contributed by atoms with E-state index in [2.05, 4.69) is 39.8 Å². The first-order valence-corrected chi connectivity index (χ1v) is 10.8. The fourth-order valence-electron chi connectivity index (χ4n) is 3.64. The summed E-state index contributed by atoms with van der Waals surface area (Å²) in [5.74, 6) is 2.35. The molecule has 4 nitrogen and oxygen atoms in total. The Kier molecular flexibility index (Phi) is 7.64. The van der Waals surface area contributed by atoms with Crippen LogP contribution in [0, 0.1) is 0 Å². The van der Waals surface area contributed by atoms with Crippen LogP contribution in [0.4, 0.5) is 0 Å². The number of likely N-dealkylation sites (tertiary alicyclic amines) is 1. The summed E-state index contributed by atoms with van der Waals surface area (Å²) in [5, 5.41) is 6.51. The molecule has 2 aliphatic rings. The number of benzene rings is 1. The van der Waals surface area contributed by atoms with E-state index in [1.165, 1.54) is 49.9 Å². The molecule has 2 saturated heterocycles. The maximum absolute atomic E-state index is 12.2. The molecule has 0 spiro atoms. The van der Waals surface area contributed by atoms with Gasteiger partial charge in [-0.15, -0.1) is 0 Å². The Morgan fingerprint density at radius 2 is 2.00 bits per heavy atom. The lowest BCUT2D eigenvalue weighted by atomic mass is 10.1. The fourth-order valence-corrected chi connectivity index (χ4v) is 4.59. The van der Waals surface area contributed by atoms with Crippen molar-refractivity contribution in [2.75, 3.05) is 31.1 Å². The Hall–Kier alpha value is -1.04. The van der Waals surface area contributed by atoms with Crippen LogP contribution in [0.1, 0.15) is 43.2 Å². The molecule has 2 N–H and O–H groups in total.